The minimum atomic E-state index is -0.988. The fourth-order valence-electron chi connectivity index (χ4n) is 7.05. The summed E-state index contributed by atoms with van der Waals surface area (Å²) in [4.78, 5) is 84.4. The van der Waals surface area contributed by atoms with Crippen molar-refractivity contribution in [3.63, 3.8) is 0 Å². The maximum atomic E-state index is 13.9. The van der Waals surface area contributed by atoms with Gasteiger partial charge in [-0.15, -0.1) is 0 Å². The summed E-state index contributed by atoms with van der Waals surface area (Å²) in [5, 5.41) is 18.5. The Balaban J connectivity index is 0.000000620. The molecule has 0 radical (unpaired) electrons. The van der Waals surface area contributed by atoms with Crippen LogP contribution in [0, 0.1) is 23.3 Å². The van der Waals surface area contributed by atoms with Crippen LogP contribution in [0.25, 0.3) is 32.0 Å². The van der Waals surface area contributed by atoms with Gasteiger partial charge in [0.05, 0.1) is 32.9 Å². The maximum absolute atomic E-state index is 13.9. The molecule has 4 aromatic carbocycles. The topological polar surface area (TPSA) is 243 Å². The second-order valence-corrected chi connectivity index (χ2v) is 16.2. The number of aromatic nitrogens is 2. The van der Waals surface area contributed by atoms with E-state index in [-0.39, 0.29) is 128 Å². The number of fused-ring (bicyclic) bond motifs is 2. The average molecular weight is 1110 g/mol. The van der Waals surface area contributed by atoms with Gasteiger partial charge in [0, 0.05) is 67.9 Å². The number of azide groups is 1. The summed E-state index contributed by atoms with van der Waals surface area (Å²) in [6, 6.07) is 24.8. The number of likely N-dealkylation sites (N-methyl/N-ethyl adjacent to an activating group) is 2. The summed E-state index contributed by atoms with van der Waals surface area (Å²) in [6.45, 7) is -0.499. The molecule has 2 heterocycles. The number of benzene rings is 4. The highest BCUT2D eigenvalue weighted by Gasteiger charge is 2.24. The normalized spacial score (nSPS) is 10.8. The number of rotatable bonds is 19. The van der Waals surface area contributed by atoms with Crippen LogP contribution in [0.1, 0.15) is 67.6 Å². The molecular weight excluding hydrogens is 1050 g/mol. The Kier molecular flexibility index (Phi) is 30.3. The number of amides is 4. The molecule has 0 aliphatic rings. The molecule has 18 nitrogen and oxygen atoms in total. The molecule has 2 aromatic heterocycles. The van der Waals surface area contributed by atoms with Crippen molar-refractivity contribution < 1.29 is 65.6 Å². The molecule has 6 aromatic rings. The van der Waals surface area contributed by atoms with Crippen LogP contribution in [0.2, 0.25) is 0 Å². The van der Waals surface area contributed by atoms with Crippen molar-refractivity contribution in [2.75, 3.05) is 46.8 Å². The molecule has 0 saturated heterocycles. The molecule has 414 valence electrons. The van der Waals surface area contributed by atoms with E-state index in [4.69, 9.17) is 10.3 Å². The summed E-state index contributed by atoms with van der Waals surface area (Å²) in [5.74, 6) is -5.84. The largest absolute Gasteiger partial charge is 0.469 e. The fraction of sp³-hybridized carbons (Fsp3) is 0.321. The Bertz CT molecular complexity index is 2980. The molecule has 0 saturated carbocycles. The number of nitrogens with zero attached hydrogens (tertiary/aromatic N) is 7. The van der Waals surface area contributed by atoms with Gasteiger partial charge in [-0.3, -0.25) is 34.3 Å². The zero-order chi connectivity index (χ0) is 54.2. The number of halogens is 4. The predicted octanol–water partition coefficient (Wildman–Crippen LogP) is 9.69. The Hall–Kier alpha value is -7.79. The van der Waals surface area contributed by atoms with Crippen molar-refractivity contribution in [1.29, 1.82) is 0 Å². The number of aliphatic hydroxyl groups is 1. The van der Waals surface area contributed by atoms with Crippen LogP contribution in [0.15, 0.2) is 115 Å². The van der Waals surface area contributed by atoms with Gasteiger partial charge in [0.1, 0.15) is 18.1 Å². The van der Waals surface area contributed by atoms with Crippen molar-refractivity contribution in [3.8, 4) is 0 Å². The number of hydrogen-bond donors (Lipinski definition) is 2. The van der Waals surface area contributed by atoms with E-state index in [1.54, 1.807) is 24.5 Å². The fourth-order valence-corrected chi connectivity index (χ4v) is 7.05. The average Bonchev–Trinajstić information content (AvgIpc) is 3.41. The lowest BCUT2D eigenvalue weighted by Crippen LogP contribution is -2.41. The van der Waals surface area contributed by atoms with Crippen LogP contribution in [-0.4, -0.2) is 114 Å². The second kappa shape index (κ2) is 34.7. The summed E-state index contributed by atoms with van der Waals surface area (Å²) >= 11 is 0. The predicted molar refractivity (Wildman–Crippen MR) is 291 cm³/mol. The number of methoxy groups -OCH3 is 2. The number of anilines is 1. The quantitative estimate of drug-likeness (QED) is 0.0192. The van der Waals surface area contributed by atoms with Crippen LogP contribution in [-0.2, 0) is 46.2 Å². The number of carbonyl (C=O) groups excluding carboxylic acids is 6. The van der Waals surface area contributed by atoms with E-state index >= 15 is 0 Å². The van der Waals surface area contributed by atoms with E-state index in [1.807, 2.05) is 48.5 Å². The van der Waals surface area contributed by atoms with Gasteiger partial charge in [-0.05, 0) is 82.5 Å². The highest BCUT2D eigenvalue weighted by Crippen LogP contribution is 2.20. The molecule has 0 unspecified atom stereocenters. The first-order valence-corrected chi connectivity index (χ1v) is 22.8. The molecule has 6 rings (SSSR count). The van der Waals surface area contributed by atoms with Gasteiger partial charge < -0.3 is 29.1 Å². The Morgan fingerprint density at radius 3 is 1.60 bits per heavy atom. The van der Waals surface area contributed by atoms with E-state index in [1.165, 1.54) is 62.4 Å². The summed E-state index contributed by atoms with van der Waals surface area (Å²) in [7, 11) is 5.51. The zero-order valence-corrected chi connectivity index (χ0v) is 43.9. The molecule has 2 N–H and O–H groups in total. The van der Waals surface area contributed by atoms with Gasteiger partial charge in [0.15, 0.2) is 23.3 Å². The van der Waals surface area contributed by atoms with E-state index in [2.05, 4.69) is 34.8 Å². The lowest BCUT2D eigenvalue weighted by atomic mass is 10.1. The van der Waals surface area contributed by atoms with Crippen LogP contribution >= 0.6 is 27.0 Å². The zero-order valence-electron chi connectivity index (χ0n) is 41.9. The first kappa shape index (κ1) is 67.2. The molecule has 0 fully saturated rings. The SMILES string of the molecule is C.COC(=O)CC[C@@H](CO)N(C)C(=O)CCc1cccc(F)c1F.COC(=O)CC[C@@H](COC(=O)Nc1cc2ccccc2cn1)N(C)C(=O)CCc1cccc(F)c1F.S.S.[N-]=[N+]=NC(=O)c1cc2ccccc2cn1. The summed E-state index contributed by atoms with van der Waals surface area (Å²) < 4.78 is 68.5. The van der Waals surface area contributed by atoms with Crippen molar-refractivity contribution in [3.05, 3.63) is 160 Å². The minimum absolute atomic E-state index is 0. The van der Waals surface area contributed by atoms with E-state index in [0.717, 1.165) is 33.7 Å². The molecule has 4 amide bonds. The Morgan fingerprint density at radius 2 is 1.12 bits per heavy atom. The third kappa shape index (κ3) is 21.4. The van der Waals surface area contributed by atoms with Gasteiger partial charge in [-0.2, -0.15) is 27.0 Å². The third-order valence-corrected chi connectivity index (χ3v) is 11.4. The van der Waals surface area contributed by atoms with Crippen LogP contribution in [0.5, 0.6) is 0 Å². The standard InChI is InChI=1S/C26H27F2N3O5.C16H21F2NO4.C10H6N4O.CH4.2H2S/c1-31(23(32)12-10-17-8-5-9-21(27)25(17)28)20(11-13-24(33)35-2)16-36-26(34)30-22-14-18-6-3-4-7-19(18)15-29-22;1-19(12(10-20)7-9-15(22)23-2)14(21)8-6-11-4-3-5-13(17)16(11)18;11-14-13-10(15)9-5-7-3-1-2-4-8(7)6-12-9;;;/h3-9,14-15,20H,10-13,16H2,1-2H3,(H,29,30,34);3-5,12,20H,6-10H2,1-2H3;1-6H;1H4;2*1H2/t20-;12-;;;;/m00..../s1. The number of hydrogen-bond acceptors (Lipinski definition) is 12. The van der Waals surface area contributed by atoms with Crippen molar-refractivity contribution in [2.45, 2.75) is 70.9 Å². The van der Waals surface area contributed by atoms with E-state index < -0.39 is 59.3 Å². The monoisotopic (exact) mass is 1110 g/mol. The summed E-state index contributed by atoms with van der Waals surface area (Å²) in [5.41, 5.74) is 8.49. The smallest absolute Gasteiger partial charge is 0.412 e. The van der Waals surface area contributed by atoms with Gasteiger partial charge in [0.2, 0.25) is 11.8 Å². The molecule has 77 heavy (non-hydrogen) atoms. The third-order valence-electron chi connectivity index (χ3n) is 11.4. The minimum Gasteiger partial charge on any atom is -0.469 e. The Labute approximate surface area is 456 Å². The highest BCUT2D eigenvalue weighted by atomic mass is 32.1. The number of aliphatic hydroxyl groups excluding tert-OH is 1. The van der Waals surface area contributed by atoms with Crippen molar-refractivity contribution >= 4 is 90.1 Å². The van der Waals surface area contributed by atoms with Crippen molar-refractivity contribution in [2.24, 2.45) is 5.11 Å². The number of pyridine rings is 2. The first-order valence-electron chi connectivity index (χ1n) is 22.8. The van der Waals surface area contributed by atoms with Gasteiger partial charge >= 0.3 is 18.0 Å². The number of esters is 2. The summed E-state index contributed by atoms with van der Waals surface area (Å²) in [6.07, 6.45) is 2.87. The molecule has 24 heteroatoms. The van der Waals surface area contributed by atoms with Gasteiger partial charge in [-0.25, -0.2) is 27.3 Å². The highest BCUT2D eigenvalue weighted by molar-refractivity contribution is 7.59. The van der Waals surface area contributed by atoms with Crippen molar-refractivity contribution in [1.82, 2.24) is 19.8 Å². The van der Waals surface area contributed by atoms with Gasteiger partial charge in [0.25, 0.3) is 5.91 Å². The first-order chi connectivity index (χ1) is 35.5. The van der Waals surface area contributed by atoms with Crippen LogP contribution in [0.4, 0.5) is 28.2 Å². The molecule has 0 spiro atoms. The number of carbonyl (C=O) groups is 6. The van der Waals surface area contributed by atoms with Gasteiger partial charge in [-0.1, -0.05) is 80.2 Å². The lowest BCUT2D eigenvalue weighted by molar-refractivity contribution is -0.142. The molecule has 0 aliphatic heterocycles. The van der Waals surface area contributed by atoms with E-state index in [0.29, 0.717) is 5.82 Å². The van der Waals surface area contributed by atoms with Crippen LogP contribution in [0.3, 0.4) is 0 Å². The molecular formula is C53H62F4N8O10S2. The number of ether oxygens (including phenoxy) is 3. The van der Waals surface area contributed by atoms with Crippen LogP contribution < -0.4 is 5.32 Å². The molecule has 0 aliphatic carbocycles. The number of aryl methyl sites for hydroxylation is 2. The maximum Gasteiger partial charge on any atom is 0.412 e. The second-order valence-electron chi connectivity index (χ2n) is 16.2. The lowest BCUT2D eigenvalue weighted by Gasteiger charge is -2.28. The van der Waals surface area contributed by atoms with E-state index in [9.17, 15) is 51.4 Å². The Morgan fingerprint density at radius 1 is 0.662 bits per heavy atom. The molecule has 0 bridgehead atoms. The molecule has 2 atom stereocenters. The number of nitrogens with one attached hydrogen (secondary N) is 1.